The number of hydrogen-bond donors (Lipinski definition) is 0. The van der Waals surface area contributed by atoms with Gasteiger partial charge in [-0.2, -0.15) is 17.2 Å². The zero-order chi connectivity index (χ0) is 34.9. The van der Waals surface area contributed by atoms with Crippen LogP contribution in [0.5, 0.6) is 11.5 Å². The van der Waals surface area contributed by atoms with E-state index in [0.717, 1.165) is 70.1 Å². The Bertz CT molecular complexity index is 2280. The Hall–Kier alpha value is -4.47. The molecule has 51 heavy (non-hydrogen) atoms. The fourth-order valence-electron chi connectivity index (χ4n) is 7.08. The van der Waals surface area contributed by atoms with Crippen molar-refractivity contribution < 1.29 is 25.8 Å². The molecule has 3 aromatic heterocycles. The van der Waals surface area contributed by atoms with Gasteiger partial charge in [-0.05, 0) is 108 Å². The number of hydrogen-bond acceptors (Lipinski definition) is 3. The summed E-state index contributed by atoms with van der Waals surface area (Å²) in [5, 5.41) is 7.13. The number of pyridine rings is 1. The van der Waals surface area contributed by atoms with Crippen molar-refractivity contribution in [3.8, 4) is 34.1 Å². The molecule has 0 spiro atoms. The van der Waals surface area contributed by atoms with Gasteiger partial charge in [-0.1, -0.05) is 70.3 Å². The van der Waals surface area contributed by atoms with Crippen LogP contribution in [0, 0.1) is 44.7 Å². The van der Waals surface area contributed by atoms with Gasteiger partial charge >= 0.3 is 21.1 Å². The van der Waals surface area contributed by atoms with Crippen molar-refractivity contribution in [1.82, 2.24) is 19.3 Å². The predicted octanol–water partition coefficient (Wildman–Crippen LogP) is 11.5. The normalized spacial score (nSPS) is 12.6. The van der Waals surface area contributed by atoms with Crippen molar-refractivity contribution in [3.05, 3.63) is 131 Å². The minimum Gasteiger partial charge on any atom is -0.509 e. The molecule has 0 saturated heterocycles. The summed E-state index contributed by atoms with van der Waals surface area (Å²) in [4.78, 5) is 4.71. The Labute approximate surface area is 317 Å². The summed E-state index contributed by atoms with van der Waals surface area (Å²) in [7, 11) is 0. The van der Waals surface area contributed by atoms with Crippen LogP contribution in [0.15, 0.2) is 91.4 Å². The summed E-state index contributed by atoms with van der Waals surface area (Å²) in [5.74, 6) is 3.29. The molecule has 0 bridgehead atoms. The third-order valence-corrected chi connectivity index (χ3v) is 10.3. The number of nitrogens with zero attached hydrogens (tertiary/aromatic N) is 4. The smallest absolute Gasteiger partial charge is 0.509 e. The molecule has 5 nitrogen and oxygen atoms in total. The van der Waals surface area contributed by atoms with Gasteiger partial charge in [0, 0.05) is 35.0 Å². The van der Waals surface area contributed by atoms with Gasteiger partial charge in [-0.15, -0.1) is 35.7 Å². The van der Waals surface area contributed by atoms with Crippen molar-refractivity contribution in [2.45, 2.75) is 74.1 Å². The summed E-state index contributed by atoms with van der Waals surface area (Å²) < 4.78 is 10.5. The largest absolute Gasteiger partial charge is 2.00 e. The summed E-state index contributed by atoms with van der Waals surface area (Å²) in [6, 6.07) is 32.0. The van der Waals surface area contributed by atoms with Crippen LogP contribution in [-0.4, -0.2) is 19.3 Å². The van der Waals surface area contributed by atoms with Gasteiger partial charge in [0.15, 0.2) is 0 Å². The molecule has 2 atom stereocenters. The summed E-state index contributed by atoms with van der Waals surface area (Å²) in [5.41, 5.74) is 12.1. The Balaban J connectivity index is 0.00000448. The minimum absolute atomic E-state index is 0. The maximum atomic E-state index is 6.45. The third-order valence-electron chi connectivity index (χ3n) is 10.3. The molecule has 2 unspecified atom stereocenters. The molecule has 0 radical (unpaired) electrons. The standard InChI is InChI=1S/C45H46N4O.Pt/c1-8-29(3)21-40-32(6)24-33(7)41(22-30(4)9-2)45(40)34-27-47-48(28-34)35-13-12-14-36(25-35)50-37-17-18-39-38-15-10-11-16-42(38)49(43(39)26-37)44-23-31(5)19-20-46-44;/h10-20,23-24,27-30H,8-9,21-22H2,1-7H3;/q-2;+2. The quantitative estimate of drug-likeness (QED) is 0.122. The molecule has 0 N–H and O–H groups in total. The van der Waals surface area contributed by atoms with E-state index in [4.69, 9.17) is 14.8 Å². The Morgan fingerprint density at radius 2 is 1.47 bits per heavy atom. The average Bonchev–Trinajstić information content (AvgIpc) is 3.73. The molecule has 262 valence electrons. The second-order valence-electron chi connectivity index (χ2n) is 14.1. The number of ether oxygens (including phenoxy) is 1. The first kappa shape index (κ1) is 36.3. The number of fused-ring (bicyclic) bond motifs is 3. The molecule has 0 aliphatic heterocycles. The second kappa shape index (κ2) is 15.4. The van der Waals surface area contributed by atoms with Crippen LogP contribution in [0.4, 0.5) is 0 Å². The van der Waals surface area contributed by atoms with E-state index in [-0.39, 0.29) is 21.1 Å². The zero-order valence-electron chi connectivity index (χ0n) is 30.7. The van der Waals surface area contributed by atoms with Crippen LogP contribution >= 0.6 is 0 Å². The topological polar surface area (TPSA) is 44.9 Å². The van der Waals surface area contributed by atoms with Crippen molar-refractivity contribution in [2.75, 3.05) is 0 Å². The van der Waals surface area contributed by atoms with Crippen LogP contribution in [0.25, 0.3) is 44.4 Å². The van der Waals surface area contributed by atoms with E-state index >= 15 is 0 Å². The molecule has 0 saturated carbocycles. The molecule has 7 rings (SSSR count). The number of aromatic nitrogens is 4. The van der Waals surface area contributed by atoms with Crippen molar-refractivity contribution in [3.63, 3.8) is 0 Å². The van der Waals surface area contributed by atoms with Crippen LogP contribution in [0.1, 0.15) is 68.4 Å². The predicted molar refractivity (Wildman–Crippen MR) is 206 cm³/mol. The number of benzene rings is 4. The maximum Gasteiger partial charge on any atom is 2.00 e. The maximum absolute atomic E-state index is 6.45. The Morgan fingerprint density at radius 3 is 2.18 bits per heavy atom. The van der Waals surface area contributed by atoms with Gasteiger partial charge in [0.25, 0.3) is 0 Å². The molecule has 0 fully saturated rings. The average molecular weight is 854 g/mol. The molecule has 0 aliphatic carbocycles. The van der Waals surface area contributed by atoms with E-state index in [1.807, 2.05) is 47.4 Å². The first-order valence-corrected chi connectivity index (χ1v) is 18.0. The van der Waals surface area contributed by atoms with Gasteiger partial charge in [0.05, 0.1) is 6.20 Å². The van der Waals surface area contributed by atoms with Crippen LogP contribution in [0.2, 0.25) is 0 Å². The molecule has 6 heteroatoms. The van der Waals surface area contributed by atoms with Crippen molar-refractivity contribution >= 4 is 21.8 Å². The Kier molecular flexibility index (Phi) is 11.0. The number of rotatable bonds is 11. The molecular formula is C45H46N4OPt. The van der Waals surface area contributed by atoms with Crippen molar-refractivity contribution in [1.29, 1.82) is 0 Å². The monoisotopic (exact) mass is 853 g/mol. The van der Waals surface area contributed by atoms with Crippen LogP contribution in [0.3, 0.4) is 0 Å². The number of aryl methyl sites for hydroxylation is 3. The third kappa shape index (κ3) is 7.32. The zero-order valence-corrected chi connectivity index (χ0v) is 32.9. The van der Waals surface area contributed by atoms with E-state index in [1.165, 1.54) is 27.8 Å². The van der Waals surface area contributed by atoms with E-state index in [9.17, 15) is 0 Å². The van der Waals surface area contributed by atoms with Crippen molar-refractivity contribution in [2.24, 2.45) is 11.8 Å². The molecule has 3 heterocycles. The summed E-state index contributed by atoms with van der Waals surface area (Å²) in [6.45, 7) is 15.9. The van der Waals surface area contributed by atoms with Gasteiger partial charge in [0.2, 0.25) is 0 Å². The SMILES string of the molecule is CCC(C)Cc1c(C)cc(C)c(CC(C)CC)c1-c1cnn(-c2[c-]c(Oc3[c-]c4c(cc3)c3ccccc3n4-c3cc(C)ccn3)ccc2)c1.[Pt+2]. The molecule has 7 aromatic rings. The molecule has 0 amide bonds. The van der Waals surface area contributed by atoms with Crippen LogP contribution < -0.4 is 4.74 Å². The van der Waals surface area contributed by atoms with Gasteiger partial charge in [0.1, 0.15) is 5.82 Å². The fourth-order valence-corrected chi connectivity index (χ4v) is 7.08. The molecular weight excluding hydrogens is 808 g/mol. The Morgan fingerprint density at radius 1 is 0.765 bits per heavy atom. The first-order valence-electron chi connectivity index (χ1n) is 18.0. The van der Waals surface area contributed by atoms with E-state index in [0.29, 0.717) is 23.3 Å². The minimum atomic E-state index is 0. The summed E-state index contributed by atoms with van der Waals surface area (Å²) in [6.07, 6.45) is 10.5. The fraction of sp³-hybridized carbons (Fsp3) is 0.289. The molecule has 0 aliphatic rings. The van der Waals surface area contributed by atoms with E-state index in [1.54, 1.807) is 0 Å². The second-order valence-corrected chi connectivity index (χ2v) is 14.1. The van der Waals surface area contributed by atoms with E-state index < -0.39 is 0 Å². The van der Waals surface area contributed by atoms with Crippen LogP contribution in [-0.2, 0) is 33.9 Å². The van der Waals surface area contributed by atoms with Gasteiger partial charge in [-0.3, -0.25) is 4.68 Å². The molecule has 4 aromatic carbocycles. The van der Waals surface area contributed by atoms with Gasteiger partial charge < -0.3 is 9.30 Å². The van der Waals surface area contributed by atoms with Gasteiger partial charge in [-0.25, -0.2) is 4.98 Å². The summed E-state index contributed by atoms with van der Waals surface area (Å²) >= 11 is 0. The number of para-hydroxylation sites is 1. The van der Waals surface area contributed by atoms with E-state index in [2.05, 4.69) is 114 Å². The first-order chi connectivity index (χ1) is 24.2.